The molecule has 0 N–H and O–H groups in total. The molecule has 0 aromatic rings. The van der Waals surface area contributed by atoms with Crippen LogP contribution in [0.3, 0.4) is 0 Å². The highest BCUT2D eigenvalue weighted by atomic mass is 35.5. The van der Waals surface area contributed by atoms with E-state index in [4.69, 9.17) is 4.79 Å². The second kappa shape index (κ2) is 6.70. The number of rotatable bonds is 0. The summed E-state index contributed by atoms with van der Waals surface area (Å²) in [5, 5.41) is 0. The predicted octanol–water partition coefficient (Wildman–Crippen LogP) is 2.14. The van der Waals surface area contributed by atoms with Gasteiger partial charge in [-0.15, -0.1) is 0 Å². The molecule has 0 aliphatic heterocycles. The monoisotopic (exact) mass is 132 g/mol. The zero-order valence-corrected chi connectivity index (χ0v) is 5.40. The molecule has 0 aromatic carbocycles. The highest BCUT2D eigenvalue weighted by Crippen LogP contribution is 2.05. The first-order valence-electron chi connectivity index (χ1n) is 2.60. The van der Waals surface area contributed by atoms with Crippen LogP contribution in [-0.2, 0) is 4.79 Å². The molecular weight excluding hydrogens is 124 g/mol. The minimum Gasteiger partial charge on any atom is -0.285 e. The molecule has 0 aromatic heterocycles. The number of carbonyl (C=O) groups is 1. The molecule has 0 spiro atoms. The Balaban J connectivity index is 0.000000145. The van der Waals surface area contributed by atoms with Gasteiger partial charge in [-0.1, -0.05) is 12.2 Å². The van der Waals surface area contributed by atoms with Crippen LogP contribution in [0.1, 0.15) is 19.3 Å². The van der Waals surface area contributed by atoms with E-state index in [-0.39, 0.29) is 5.75 Å². The first-order chi connectivity index (χ1) is 3.91. The van der Waals surface area contributed by atoms with Crippen molar-refractivity contribution in [2.45, 2.75) is 19.3 Å². The second-order valence-electron chi connectivity index (χ2n) is 1.49. The van der Waals surface area contributed by atoms with Gasteiger partial charge in [0.25, 0.3) is 0 Å². The van der Waals surface area contributed by atoms with E-state index in [9.17, 15) is 0 Å². The summed E-state index contributed by atoms with van der Waals surface area (Å²) in [6.07, 6.45) is 8.50. The van der Waals surface area contributed by atoms with Gasteiger partial charge >= 0.3 is 0 Å². The maximum Gasteiger partial charge on any atom is 0.208 e. The number of halogens is 1. The van der Waals surface area contributed by atoms with Crippen molar-refractivity contribution in [1.29, 1.82) is 0 Å². The average molecular weight is 133 g/mol. The molecule has 0 saturated heterocycles. The Labute approximate surface area is 54.3 Å². The molecule has 0 saturated carbocycles. The van der Waals surface area contributed by atoms with E-state index in [0.717, 1.165) is 0 Å². The molecular formula is C6H9ClO. The summed E-state index contributed by atoms with van der Waals surface area (Å²) in [5.41, 5.74) is 0. The van der Waals surface area contributed by atoms with Gasteiger partial charge < -0.3 is 0 Å². The van der Waals surface area contributed by atoms with E-state index in [2.05, 4.69) is 23.8 Å². The SMILES string of the molecule is C1=CCCC1.O=CCl. The van der Waals surface area contributed by atoms with E-state index >= 15 is 0 Å². The zero-order chi connectivity index (χ0) is 6.24. The third kappa shape index (κ3) is 5.70. The molecule has 0 heterocycles. The van der Waals surface area contributed by atoms with Gasteiger partial charge in [-0.2, -0.15) is 0 Å². The van der Waals surface area contributed by atoms with Crippen molar-refractivity contribution in [3.63, 3.8) is 0 Å². The van der Waals surface area contributed by atoms with E-state index in [0.29, 0.717) is 0 Å². The molecule has 0 unspecified atom stereocenters. The maximum atomic E-state index is 8.57. The van der Waals surface area contributed by atoms with Gasteiger partial charge in [0.2, 0.25) is 5.75 Å². The van der Waals surface area contributed by atoms with Crippen LogP contribution in [0, 0.1) is 0 Å². The van der Waals surface area contributed by atoms with E-state index < -0.39 is 0 Å². The Kier molecular flexibility index (Phi) is 6.45. The van der Waals surface area contributed by atoms with Crippen LogP contribution in [0.5, 0.6) is 0 Å². The van der Waals surface area contributed by atoms with Crippen molar-refractivity contribution in [2.75, 3.05) is 0 Å². The number of hydrogen-bond donors (Lipinski definition) is 0. The minimum absolute atomic E-state index is 0.222. The lowest BCUT2D eigenvalue weighted by Crippen LogP contribution is -1.50. The van der Waals surface area contributed by atoms with E-state index in [1.54, 1.807) is 0 Å². The zero-order valence-electron chi connectivity index (χ0n) is 4.64. The van der Waals surface area contributed by atoms with Crippen LogP contribution < -0.4 is 0 Å². The van der Waals surface area contributed by atoms with Crippen molar-refractivity contribution in [1.82, 2.24) is 0 Å². The molecule has 8 heavy (non-hydrogen) atoms. The molecule has 0 radical (unpaired) electrons. The summed E-state index contributed by atoms with van der Waals surface area (Å²) in [4.78, 5) is 8.57. The van der Waals surface area contributed by atoms with Crippen molar-refractivity contribution < 1.29 is 4.79 Å². The first kappa shape index (κ1) is 7.70. The van der Waals surface area contributed by atoms with Gasteiger partial charge in [0.15, 0.2) is 0 Å². The van der Waals surface area contributed by atoms with Crippen molar-refractivity contribution >= 4 is 17.3 Å². The summed E-state index contributed by atoms with van der Waals surface area (Å²) in [7, 11) is 0. The maximum absolute atomic E-state index is 8.57. The normalized spacial score (nSPS) is 14.6. The second-order valence-corrected chi connectivity index (χ2v) is 1.67. The van der Waals surface area contributed by atoms with Gasteiger partial charge in [-0.05, 0) is 30.9 Å². The number of hydrogen-bond acceptors (Lipinski definition) is 1. The summed E-state index contributed by atoms with van der Waals surface area (Å²) in [6.45, 7) is 0. The Hall–Kier alpha value is -0.300. The van der Waals surface area contributed by atoms with Gasteiger partial charge in [0.05, 0.1) is 0 Å². The fraction of sp³-hybridized carbons (Fsp3) is 0.500. The van der Waals surface area contributed by atoms with Crippen LogP contribution >= 0.6 is 11.6 Å². The van der Waals surface area contributed by atoms with Crippen molar-refractivity contribution in [3.05, 3.63) is 12.2 Å². The van der Waals surface area contributed by atoms with Gasteiger partial charge in [0, 0.05) is 0 Å². The fourth-order valence-corrected chi connectivity index (χ4v) is 0.589. The largest absolute Gasteiger partial charge is 0.285 e. The number of allylic oxidation sites excluding steroid dienone is 2. The van der Waals surface area contributed by atoms with Gasteiger partial charge in [0.1, 0.15) is 0 Å². The summed E-state index contributed by atoms with van der Waals surface area (Å²) in [5.74, 6) is 0.222. The average Bonchev–Trinajstić information content (AvgIpc) is 2.17. The smallest absolute Gasteiger partial charge is 0.208 e. The quantitative estimate of drug-likeness (QED) is 0.280. The van der Waals surface area contributed by atoms with Crippen LogP contribution in [0.25, 0.3) is 0 Å². The Morgan fingerprint density at radius 1 is 1.38 bits per heavy atom. The summed E-state index contributed by atoms with van der Waals surface area (Å²) >= 11 is 4.32. The first-order valence-corrected chi connectivity index (χ1v) is 3.04. The molecule has 1 aliphatic rings. The molecule has 0 fully saturated rings. The molecule has 0 atom stereocenters. The van der Waals surface area contributed by atoms with Crippen LogP contribution in [0.4, 0.5) is 0 Å². The lowest BCUT2D eigenvalue weighted by molar-refractivity contribution is 0.569. The van der Waals surface area contributed by atoms with Crippen molar-refractivity contribution in [3.8, 4) is 0 Å². The molecule has 1 nitrogen and oxygen atoms in total. The third-order valence-electron chi connectivity index (χ3n) is 0.908. The van der Waals surface area contributed by atoms with Crippen molar-refractivity contribution in [2.24, 2.45) is 0 Å². The number of carbonyl (C=O) groups excluding carboxylic acids is 1. The Morgan fingerprint density at radius 3 is 1.88 bits per heavy atom. The molecule has 0 bridgehead atoms. The highest BCUT2D eigenvalue weighted by Gasteiger charge is 1.84. The Morgan fingerprint density at radius 2 is 1.75 bits per heavy atom. The molecule has 2 heteroatoms. The summed E-state index contributed by atoms with van der Waals surface area (Å²) in [6, 6.07) is 0. The standard InChI is InChI=1S/C5H8.CHClO/c1-2-4-5-3-1;2-1-3/h1-2H,3-5H2;1H. The summed E-state index contributed by atoms with van der Waals surface area (Å²) < 4.78 is 0. The molecule has 0 amide bonds. The predicted molar refractivity (Wildman–Crippen MR) is 35.6 cm³/mol. The van der Waals surface area contributed by atoms with Crippen LogP contribution in [0.15, 0.2) is 12.2 Å². The van der Waals surface area contributed by atoms with Gasteiger partial charge in [-0.3, -0.25) is 4.79 Å². The lowest BCUT2D eigenvalue weighted by Gasteiger charge is -1.69. The minimum atomic E-state index is 0.222. The van der Waals surface area contributed by atoms with E-state index in [1.807, 2.05) is 0 Å². The van der Waals surface area contributed by atoms with Crippen LogP contribution in [-0.4, -0.2) is 5.75 Å². The van der Waals surface area contributed by atoms with Gasteiger partial charge in [-0.25, -0.2) is 0 Å². The Bertz CT molecular complexity index is 72.6. The highest BCUT2D eigenvalue weighted by molar-refractivity contribution is 6.54. The third-order valence-corrected chi connectivity index (χ3v) is 0.908. The van der Waals surface area contributed by atoms with Crippen LogP contribution in [0.2, 0.25) is 0 Å². The topological polar surface area (TPSA) is 17.1 Å². The van der Waals surface area contributed by atoms with E-state index in [1.165, 1.54) is 19.3 Å². The molecule has 46 valence electrons. The lowest BCUT2D eigenvalue weighted by atomic mass is 10.4. The fourth-order valence-electron chi connectivity index (χ4n) is 0.589. The molecule has 1 aliphatic carbocycles. The molecule has 1 rings (SSSR count).